The van der Waals surface area contributed by atoms with Crippen LogP contribution < -0.4 is 14.9 Å². The number of hydrogen-bond donors (Lipinski definition) is 2. The molecule has 0 fully saturated rings. The van der Waals surface area contributed by atoms with Gasteiger partial charge in [-0.3, -0.25) is 13.9 Å². The van der Waals surface area contributed by atoms with E-state index in [1.54, 1.807) is 30.3 Å². The monoisotopic (exact) mass is 405 g/mol. The van der Waals surface area contributed by atoms with E-state index in [1.165, 1.54) is 42.7 Å². The van der Waals surface area contributed by atoms with Crippen LogP contribution in [0.4, 0.5) is 5.69 Å². The Balaban J connectivity index is 2.00. The van der Waals surface area contributed by atoms with Gasteiger partial charge in [0, 0.05) is 26.3 Å². The lowest BCUT2D eigenvalue weighted by molar-refractivity contribution is -0.120. The third-order valence-corrected chi connectivity index (χ3v) is 5.73. The zero-order valence-electron chi connectivity index (χ0n) is 15.7. The highest BCUT2D eigenvalue weighted by molar-refractivity contribution is 7.92. The predicted molar refractivity (Wildman–Crippen MR) is 106 cm³/mol. The average molecular weight is 405 g/mol. The van der Waals surface area contributed by atoms with Crippen LogP contribution in [0, 0.1) is 0 Å². The Morgan fingerprint density at radius 1 is 1.00 bits per heavy atom. The van der Waals surface area contributed by atoms with E-state index >= 15 is 0 Å². The van der Waals surface area contributed by atoms with E-state index in [0.29, 0.717) is 18.8 Å². The summed E-state index contributed by atoms with van der Waals surface area (Å²) in [4.78, 5) is 23.8. The Morgan fingerprint density at radius 2 is 1.64 bits per heavy atom. The number of rotatable bonds is 9. The van der Waals surface area contributed by atoms with Crippen LogP contribution in [-0.4, -0.2) is 54.1 Å². The lowest BCUT2D eigenvalue weighted by atomic mass is 10.2. The summed E-state index contributed by atoms with van der Waals surface area (Å²) in [6.07, 6.45) is 0. The summed E-state index contributed by atoms with van der Waals surface area (Å²) in [5, 5.41) is 5.06. The maximum atomic E-state index is 12.7. The zero-order valence-corrected chi connectivity index (χ0v) is 16.5. The maximum absolute atomic E-state index is 12.7. The number of amides is 2. The average Bonchev–Trinajstić information content (AvgIpc) is 2.72. The summed E-state index contributed by atoms with van der Waals surface area (Å²) >= 11 is 0. The van der Waals surface area contributed by atoms with Crippen molar-refractivity contribution in [2.24, 2.45) is 0 Å². The number of hydrogen-bond acceptors (Lipinski definition) is 5. The number of methoxy groups -OCH3 is 1. The summed E-state index contributed by atoms with van der Waals surface area (Å²) < 4.78 is 31.4. The van der Waals surface area contributed by atoms with Crippen molar-refractivity contribution in [3.8, 4) is 0 Å². The molecule has 2 aromatic rings. The van der Waals surface area contributed by atoms with Crippen molar-refractivity contribution < 1.29 is 22.7 Å². The zero-order chi connectivity index (χ0) is 20.6. The topological polar surface area (TPSA) is 105 Å². The van der Waals surface area contributed by atoms with Gasteiger partial charge >= 0.3 is 0 Å². The Bertz CT molecular complexity index is 899. The third kappa shape index (κ3) is 5.54. The molecule has 2 aromatic carbocycles. The molecule has 0 aromatic heterocycles. The smallest absolute Gasteiger partial charge is 0.264 e. The molecule has 0 aliphatic rings. The van der Waals surface area contributed by atoms with Gasteiger partial charge in [-0.25, -0.2) is 8.42 Å². The minimum atomic E-state index is -3.75. The Labute approximate surface area is 164 Å². The maximum Gasteiger partial charge on any atom is 0.264 e. The molecule has 28 heavy (non-hydrogen) atoms. The van der Waals surface area contributed by atoms with Crippen LogP contribution in [0.3, 0.4) is 0 Å². The number of para-hydroxylation sites is 1. The first-order chi connectivity index (χ1) is 13.4. The third-order valence-electron chi connectivity index (χ3n) is 3.93. The van der Waals surface area contributed by atoms with Crippen LogP contribution in [-0.2, 0) is 19.6 Å². The lowest BCUT2D eigenvalue weighted by Crippen LogP contribution is -2.38. The normalized spacial score (nSPS) is 10.9. The molecular formula is C19H23N3O5S. The highest BCUT2D eigenvalue weighted by Crippen LogP contribution is 2.21. The summed E-state index contributed by atoms with van der Waals surface area (Å²) in [6.45, 7) is 0.555. The van der Waals surface area contributed by atoms with Gasteiger partial charge in [0.2, 0.25) is 5.91 Å². The number of ether oxygens (including phenoxy) is 1. The number of benzene rings is 2. The van der Waals surface area contributed by atoms with Crippen molar-refractivity contribution >= 4 is 27.5 Å². The molecule has 9 heteroatoms. The van der Waals surface area contributed by atoms with E-state index in [-0.39, 0.29) is 22.9 Å². The first-order valence-electron chi connectivity index (χ1n) is 8.54. The molecule has 8 nitrogen and oxygen atoms in total. The molecule has 2 amide bonds. The molecule has 0 saturated heterocycles. The van der Waals surface area contributed by atoms with Gasteiger partial charge in [0.25, 0.3) is 15.9 Å². The van der Waals surface area contributed by atoms with Crippen molar-refractivity contribution in [3.63, 3.8) is 0 Å². The van der Waals surface area contributed by atoms with E-state index in [9.17, 15) is 18.0 Å². The van der Waals surface area contributed by atoms with E-state index in [4.69, 9.17) is 4.74 Å². The second-order valence-corrected chi connectivity index (χ2v) is 7.83. The molecule has 0 radical (unpaired) electrons. The van der Waals surface area contributed by atoms with Crippen LogP contribution in [0.15, 0.2) is 59.5 Å². The molecular weight excluding hydrogens is 382 g/mol. The van der Waals surface area contributed by atoms with Gasteiger partial charge in [-0.05, 0) is 36.4 Å². The number of anilines is 1. The molecule has 0 unspecified atom stereocenters. The quantitative estimate of drug-likeness (QED) is 0.606. The first kappa shape index (κ1) is 21.4. The summed E-state index contributed by atoms with van der Waals surface area (Å²) in [7, 11) is -0.758. The van der Waals surface area contributed by atoms with E-state index in [2.05, 4.69) is 10.6 Å². The SMILES string of the molecule is COCCNC(=O)CNC(=O)c1ccc(S(=O)(=O)N(C)c2ccccc2)cc1. The molecule has 150 valence electrons. The van der Waals surface area contributed by atoms with E-state index < -0.39 is 15.9 Å². The van der Waals surface area contributed by atoms with Crippen LogP contribution >= 0.6 is 0 Å². The molecule has 2 N–H and O–H groups in total. The fraction of sp³-hybridized carbons (Fsp3) is 0.263. The second-order valence-electron chi connectivity index (χ2n) is 5.86. The predicted octanol–water partition coefficient (Wildman–Crippen LogP) is 1.00. The first-order valence-corrected chi connectivity index (χ1v) is 9.98. The van der Waals surface area contributed by atoms with Gasteiger partial charge in [-0.2, -0.15) is 0 Å². The summed E-state index contributed by atoms with van der Waals surface area (Å²) in [5.41, 5.74) is 0.787. The Kier molecular flexibility index (Phi) is 7.53. The molecule has 0 aliphatic carbocycles. The summed E-state index contributed by atoms with van der Waals surface area (Å²) in [5.74, 6) is -0.809. The van der Waals surface area contributed by atoms with Crippen LogP contribution in [0.25, 0.3) is 0 Å². The fourth-order valence-corrected chi connectivity index (χ4v) is 3.53. The lowest BCUT2D eigenvalue weighted by Gasteiger charge is -2.19. The molecule has 0 heterocycles. The highest BCUT2D eigenvalue weighted by atomic mass is 32.2. The Morgan fingerprint density at radius 3 is 2.25 bits per heavy atom. The van der Waals surface area contributed by atoms with Crippen molar-refractivity contribution in [2.45, 2.75) is 4.90 Å². The van der Waals surface area contributed by atoms with Gasteiger partial charge in [0.1, 0.15) is 0 Å². The van der Waals surface area contributed by atoms with Gasteiger partial charge in [0.15, 0.2) is 0 Å². The van der Waals surface area contributed by atoms with Crippen molar-refractivity contribution in [1.29, 1.82) is 0 Å². The number of nitrogens with one attached hydrogen (secondary N) is 2. The van der Waals surface area contributed by atoms with Gasteiger partial charge in [0.05, 0.1) is 23.7 Å². The number of carbonyl (C=O) groups excluding carboxylic acids is 2. The van der Waals surface area contributed by atoms with E-state index in [1.807, 2.05) is 0 Å². The van der Waals surface area contributed by atoms with Crippen LogP contribution in [0.1, 0.15) is 10.4 Å². The fourth-order valence-electron chi connectivity index (χ4n) is 2.33. The molecule has 0 atom stereocenters. The van der Waals surface area contributed by atoms with Crippen molar-refractivity contribution in [3.05, 3.63) is 60.2 Å². The molecule has 0 spiro atoms. The van der Waals surface area contributed by atoms with Crippen LogP contribution in [0.2, 0.25) is 0 Å². The van der Waals surface area contributed by atoms with Crippen LogP contribution in [0.5, 0.6) is 0 Å². The standard InChI is InChI=1S/C19H23N3O5S/c1-22(16-6-4-3-5-7-16)28(25,26)17-10-8-15(9-11-17)19(24)21-14-18(23)20-12-13-27-2/h3-11H,12-14H2,1-2H3,(H,20,23)(H,21,24). The van der Waals surface area contributed by atoms with Crippen molar-refractivity contribution in [2.75, 3.05) is 38.2 Å². The van der Waals surface area contributed by atoms with Crippen molar-refractivity contribution in [1.82, 2.24) is 10.6 Å². The minimum Gasteiger partial charge on any atom is -0.383 e. The van der Waals surface area contributed by atoms with Gasteiger partial charge in [-0.15, -0.1) is 0 Å². The minimum absolute atomic E-state index is 0.0627. The summed E-state index contributed by atoms with van der Waals surface area (Å²) in [6, 6.07) is 14.2. The molecule has 0 bridgehead atoms. The van der Waals surface area contributed by atoms with Gasteiger partial charge < -0.3 is 15.4 Å². The molecule has 2 rings (SSSR count). The number of sulfonamides is 1. The number of nitrogens with zero attached hydrogens (tertiary/aromatic N) is 1. The van der Waals surface area contributed by atoms with Gasteiger partial charge in [-0.1, -0.05) is 18.2 Å². The molecule has 0 saturated carbocycles. The Hall–Kier alpha value is -2.91. The second kappa shape index (κ2) is 9.86. The highest BCUT2D eigenvalue weighted by Gasteiger charge is 2.21. The van der Waals surface area contributed by atoms with E-state index in [0.717, 1.165) is 0 Å². The number of carbonyl (C=O) groups is 2. The largest absolute Gasteiger partial charge is 0.383 e. The molecule has 0 aliphatic heterocycles.